The van der Waals surface area contributed by atoms with Gasteiger partial charge in [-0.3, -0.25) is 4.79 Å². The van der Waals surface area contributed by atoms with Gasteiger partial charge in [0, 0.05) is 18.7 Å². The predicted octanol–water partition coefficient (Wildman–Crippen LogP) is 6.43. The number of fused-ring (bicyclic) bond motifs is 1. The lowest BCUT2D eigenvalue weighted by atomic mass is 9.97. The highest BCUT2D eigenvalue weighted by atomic mass is 35.5. The summed E-state index contributed by atoms with van der Waals surface area (Å²) in [7, 11) is 0. The minimum atomic E-state index is -1.52. The van der Waals surface area contributed by atoms with E-state index in [-0.39, 0.29) is 13.1 Å². The van der Waals surface area contributed by atoms with E-state index in [4.69, 9.17) is 23.2 Å². The van der Waals surface area contributed by atoms with Crippen LogP contribution in [0.3, 0.4) is 0 Å². The van der Waals surface area contributed by atoms with Crippen LogP contribution < -0.4 is 0 Å². The second-order valence-electron chi connectivity index (χ2n) is 7.38. The molecule has 0 saturated carbocycles. The van der Waals surface area contributed by atoms with Crippen LogP contribution in [0.1, 0.15) is 11.1 Å². The monoisotopic (exact) mass is 463 g/mol. The number of aliphatic carboxylic acids is 1. The Hall–Kier alpha value is -3.34. The molecular weight excluding hydrogens is 445 g/mol. The zero-order valence-corrected chi connectivity index (χ0v) is 18.5. The highest BCUT2D eigenvalue weighted by Crippen LogP contribution is 2.39. The molecule has 4 aromatic rings. The van der Waals surface area contributed by atoms with Crippen LogP contribution in [0.4, 0.5) is 0 Å². The van der Waals surface area contributed by atoms with E-state index < -0.39 is 11.9 Å². The average Bonchev–Trinajstić information content (AvgIpc) is 2.81. The van der Waals surface area contributed by atoms with E-state index in [1.54, 1.807) is 6.07 Å². The van der Waals surface area contributed by atoms with Crippen molar-refractivity contribution in [2.45, 2.75) is 13.1 Å². The molecule has 0 spiro atoms. The molecule has 0 saturated heterocycles. The van der Waals surface area contributed by atoms with E-state index in [1.807, 2.05) is 78.9 Å². The molecule has 160 valence electrons. The Bertz CT molecular complexity index is 1300. The van der Waals surface area contributed by atoms with Gasteiger partial charge in [0.2, 0.25) is 0 Å². The Balaban J connectivity index is 1.70. The maximum absolute atomic E-state index is 12.3. The van der Waals surface area contributed by atoms with Gasteiger partial charge in [0.05, 0.1) is 10.0 Å². The van der Waals surface area contributed by atoms with Gasteiger partial charge in [0.1, 0.15) is 0 Å². The van der Waals surface area contributed by atoms with Gasteiger partial charge >= 0.3 is 11.9 Å². The molecule has 0 radical (unpaired) electrons. The lowest BCUT2D eigenvalue weighted by Crippen LogP contribution is -2.35. The zero-order chi connectivity index (χ0) is 22.7. The largest absolute Gasteiger partial charge is 0.474 e. The van der Waals surface area contributed by atoms with Gasteiger partial charge in [-0.05, 0) is 27.5 Å². The van der Waals surface area contributed by atoms with Crippen LogP contribution in [0.5, 0.6) is 0 Å². The van der Waals surface area contributed by atoms with E-state index in [9.17, 15) is 14.7 Å². The minimum absolute atomic E-state index is 0.0222. The van der Waals surface area contributed by atoms with Gasteiger partial charge in [-0.2, -0.15) is 0 Å². The maximum Gasteiger partial charge on any atom is 0.394 e. The van der Waals surface area contributed by atoms with Gasteiger partial charge in [-0.15, -0.1) is 0 Å². The quantitative estimate of drug-likeness (QED) is 0.347. The van der Waals surface area contributed by atoms with Gasteiger partial charge in [0.25, 0.3) is 0 Å². The molecule has 0 heterocycles. The molecule has 0 aliphatic rings. The van der Waals surface area contributed by atoms with Crippen molar-refractivity contribution in [2.24, 2.45) is 0 Å². The molecule has 4 rings (SSSR count). The third-order valence-electron chi connectivity index (χ3n) is 5.29. The predicted molar refractivity (Wildman–Crippen MR) is 128 cm³/mol. The van der Waals surface area contributed by atoms with Crippen LogP contribution in [-0.4, -0.2) is 21.9 Å². The standard InChI is InChI=1S/C26H19Cl2NO3/c27-23-19(16-29(25(30)26(31)32)15-17-7-2-1-3-8-17)13-14-22(24(23)28)21-12-6-10-18-9-4-5-11-20(18)21/h1-14H,15-16H2,(H,31,32). The summed E-state index contributed by atoms with van der Waals surface area (Å²) in [4.78, 5) is 25.0. The van der Waals surface area contributed by atoms with Crippen molar-refractivity contribution in [3.05, 3.63) is 106 Å². The molecule has 0 bridgehead atoms. The smallest absolute Gasteiger partial charge is 0.394 e. The summed E-state index contributed by atoms with van der Waals surface area (Å²) in [6.45, 7) is 0.166. The van der Waals surface area contributed by atoms with Crippen LogP contribution >= 0.6 is 23.2 Å². The Morgan fingerprint density at radius 2 is 1.41 bits per heavy atom. The van der Waals surface area contributed by atoms with E-state index in [0.717, 1.165) is 27.5 Å². The van der Waals surface area contributed by atoms with Crippen molar-refractivity contribution < 1.29 is 14.7 Å². The van der Waals surface area contributed by atoms with Crippen molar-refractivity contribution in [1.82, 2.24) is 4.90 Å². The SMILES string of the molecule is O=C(O)C(=O)N(Cc1ccccc1)Cc1ccc(-c2cccc3ccccc23)c(Cl)c1Cl. The highest BCUT2D eigenvalue weighted by Gasteiger charge is 2.23. The number of hydrogen-bond donors (Lipinski definition) is 1. The van der Waals surface area contributed by atoms with Gasteiger partial charge < -0.3 is 10.0 Å². The summed E-state index contributed by atoms with van der Waals surface area (Å²) in [6.07, 6.45) is 0. The Labute approximate surface area is 195 Å². The summed E-state index contributed by atoms with van der Waals surface area (Å²) < 4.78 is 0. The molecule has 0 fully saturated rings. The second kappa shape index (κ2) is 9.43. The molecule has 0 aromatic heterocycles. The lowest BCUT2D eigenvalue weighted by Gasteiger charge is -2.22. The van der Waals surface area contributed by atoms with Crippen molar-refractivity contribution in [3.8, 4) is 11.1 Å². The van der Waals surface area contributed by atoms with Crippen LogP contribution in [0.25, 0.3) is 21.9 Å². The van der Waals surface area contributed by atoms with E-state index in [1.165, 1.54) is 4.90 Å². The third kappa shape index (κ3) is 4.47. The number of carboxylic acid groups (broad SMARTS) is 1. The van der Waals surface area contributed by atoms with Gasteiger partial charge in [0.15, 0.2) is 0 Å². The fraction of sp³-hybridized carbons (Fsp3) is 0.0769. The zero-order valence-electron chi connectivity index (χ0n) is 17.0. The number of benzene rings is 4. The van der Waals surface area contributed by atoms with Crippen LogP contribution in [0, 0.1) is 0 Å². The number of halogens is 2. The maximum atomic E-state index is 12.3. The summed E-state index contributed by atoms with van der Waals surface area (Å²) in [6, 6.07) is 26.8. The number of nitrogens with zero attached hydrogens (tertiary/aromatic N) is 1. The molecule has 0 atom stereocenters. The first-order valence-electron chi connectivity index (χ1n) is 9.97. The number of amides is 1. The van der Waals surface area contributed by atoms with Gasteiger partial charge in [-0.25, -0.2) is 4.79 Å². The van der Waals surface area contributed by atoms with Crippen molar-refractivity contribution in [1.29, 1.82) is 0 Å². The van der Waals surface area contributed by atoms with Crippen molar-refractivity contribution in [3.63, 3.8) is 0 Å². The molecule has 1 amide bonds. The molecule has 0 aliphatic heterocycles. The first kappa shape index (κ1) is 21.9. The number of carboxylic acids is 1. The minimum Gasteiger partial charge on any atom is -0.474 e. The fourth-order valence-electron chi connectivity index (χ4n) is 3.72. The molecule has 6 heteroatoms. The summed E-state index contributed by atoms with van der Waals surface area (Å²) in [5.41, 5.74) is 3.11. The summed E-state index contributed by atoms with van der Waals surface area (Å²) in [5.74, 6) is -2.52. The second-order valence-corrected chi connectivity index (χ2v) is 8.13. The first-order chi connectivity index (χ1) is 15.5. The molecule has 0 aliphatic carbocycles. The molecule has 4 aromatic carbocycles. The molecule has 32 heavy (non-hydrogen) atoms. The summed E-state index contributed by atoms with van der Waals surface area (Å²) in [5, 5.41) is 12.1. The number of carbonyl (C=O) groups excluding carboxylic acids is 1. The molecule has 1 N–H and O–H groups in total. The van der Waals surface area contributed by atoms with Crippen LogP contribution in [-0.2, 0) is 22.7 Å². The summed E-state index contributed by atoms with van der Waals surface area (Å²) >= 11 is 13.3. The molecule has 0 unspecified atom stereocenters. The van der Waals surface area contributed by atoms with E-state index in [2.05, 4.69) is 0 Å². The van der Waals surface area contributed by atoms with E-state index in [0.29, 0.717) is 15.6 Å². The molecular formula is C26H19Cl2NO3. The fourth-order valence-corrected chi connectivity index (χ4v) is 4.23. The van der Waals surface area contributed by atoms with Crippen molar-refractivity contribution in [2.75, 3.05) is 0 Å². The van der Waals surface area contributed by atoms with Crippen LogP contribution in [0.15, 0.2) is 84.9 Å². The number of carbonyl (C=O) groups is 2. The highest BCUT2D eigenvalue weighted by molar-refractivity contribution is 6.44. The number of hydrogen-bond acceptors (Lipinski definition) is 2. The molecule has 4 nitrogen and oxygen atoms in total. The lowest BCUT2D eigenvalue weighted by molar-refractivity contribution is -0.156. The third-order valence-corrected chi connectivity index (χ3v) is 6.21. The Morgan fingerprint density at radius 1 is 0.719 bits per heavy atom. The first-order valence-corrected chi connectivity index (χ1v) is 10.7. The van der Waals surface area contributed by atoms with Crippen LogP contribution in [0.2, 0.25) is 10.0 Å². The van der Waals surface area contributed by atoms with Gasteiger partial charge in [-0.1, -0.05) is 108 Å². The Kier molecular flexibility index (Phi) is 6.45. The number of rotatable bonds is 5. The normalized spacial score (nSPS) is 10.8. The topological polar surface area (TPSA) is 57.6 Å². The van der Waals surface area contributed by atoms with E-state index >= 15 is 0 Å². The Morgan fingerprint density at radius 3 is 2.16 bits per heavy atom. The average molecular weight is 464 g/mol. The van der Waals surface area contributed by atoms with Crippen molar-refractivity contribution >= 4 is 45.9 Å².